The first-order chi connectivity index (χ1) is 14.9. The van der Waals surface area contributed by atoms with Gasteiger partial charge in [-0.15, -0.1) is 0 Å². The Hall–Kier alpha value is -4.06. The number of benzene rings is 3. The largest absolute Gasteiger partial charge is 0.423 e. The summed E-state index contributed by atoms with van der Waals surface area (Å²) in [4.78, 5) is 51.2. The number of rotatable bonds is 5. The summed E-state index contributed by atoms with van der Waals surface area (Å²) in [6.07, 6.45) is 0.389. The normalized spacial score (nSPS) is 12.6. The lowest BCUT2D eigenvalue weighted by molar-refractivity contribution is 0.0734. The first-order valence-electron chi connectivity index (χ1n) is 9.84. The number of nitrogens with zero attached hydrogens (tertiary/aromatic N) is 1. The van der Waals surface area contributed by atoms with Gasteiger partial charge in [0.05, 0.1) is 22.4 Å². The van der Waals surface area contributed by atoms with E-state index in [1.807, 2.05) is 19.1 Å². The van der Waals surface area contributed by atoms with Gasteiger partial charge in [0, 0.05) is 12.0 Å². The molecule has 0 bridgehead atoms. The number of carbonyl (C=O) groups is 4. The highest BCUT2D eigenvalue weighted by Crippen LogP contribution is 2.31. The van der Waals surface area contributed by atoms with Crippen molar-refractivity contribution in [2.45, 2.75) is 20.3 Å². The second kappa shape index (κ2) is 7.99. The lowest BCUT2D eigenvalue weighted by atomic mass is 10.1. The van der Waals surface area contributed by atoms with Crippen LogP contribution in [0.5, 0.6) is 5.75 Å². The van der Waals surface area contributed by atoms with Gasteiger partial charge in [0.15, 0.2) is 5.78 Å². The van der Waals surface area contributed by atoms with Crippen molar-refractivity contribution in [2.75, 3.05) is 4.90 Å². The molecule has 1 aliphatic heterocycles. The van der Waals surface area contributed by atoms with Crippen molar-refractivity contribution in [1.29, 1.82) is 0 Å². The zero-order valence-electron chi connectivity index (χ0n) is 17.0. The van der Waals surface area contributed by atoms with Crippen LogP contribution in [0.4, 0.5) is 5.69 Å². The standard InChI is InChI=1S/C25H19NO5/c1-3-22(27)16-8-11-18(12-9-16)31-25(30)17-10-13-19-20(14-17)24(29)26(23(19)28)21-7-5-4-6-15(21)2/h4-14H,3H2,1-2H3. The van der Waals surface area contributed by atoms with Crippen LogP contribution in [0, 0.1) is 6.92 Å². The number of ketones is 1. The minimum Gasteiger partial charge on any atom is -0.423 e. The first-order valence-corrected chi connectivity index (χ1v) is 9.84. The van der Waals surface area contributed by atoms with E-state index in [4.69, 9.17) is 4.74 Å². The summed E-state index contributed by atoms with van der Waals surface area (Å²) in [5.74, 6) is -1.29. The Balaban J connectivity index is 1.58. The summed E-state index contributed by atoms with van der Waals surface area (Å²) in [6.45, 7) is 3.59. The zero-order valence-corrected chi connectivity index (χ0v) is 17.0. The molecule has 0 saturated heterocycles. The molecule has 0 fully saturated rings. The van der Waals surface area contributed by atoms with Gasteiger partial charge in [-0.25, -0.2) is 9.69 Å². The van der Waals surface area contributed by atoms with Crippen molar-refractivity contribution in [3.8, 4) is 5.75 Å². The molecule has 0 saturated carbocycles. The Bertz CT molecular complexity index is 1230. The average Bonchev–Trinajstić information content (AvgIpc) is 3.03. The number of anilines is 1. The molecule has 0 atom stereocenters. The number of carbonyl (C=O) groups excluding carboxylic acids is 4. The number of esters is 1. The third-order valence-corrected chi connectivity index (χ3v) is 5.19. The molecule has 0 radical (unpaired) electrons. The van der Waals surface area contributed by atoms with Crippen molar-refractivity contribution in [3.05, 3.63) is 94.5 Å². The second-order valence-electron chi connectivity index (χ2n) is 7.18. The third-order valence-electron chi connectivity index (χ3n) is 5.19. The van der Waals surface area contributed by atoms with Gasteiger partial charge < -0.3 is 4.74 Å². The summed E-state index contributed by atoms with van der Waals surface area (Å²) in [5, 5.41) is 0. The Morgan fingerprint density at radius 1 is 0.839 bits per heavy atom. The lowest BCUT2D eigenvalue weighted by Crippen LogP contribution is -2.29. The molecule has 6 heteroatoms. The molecule has 0 unspecified atom stereocenters. The predicted octanol–water partition coefficient (Wildman–Crippen LogP) is 4.61. The molecule has 3 aromatic carbocycles. The van der Waals surface area contributed by atoms with E-state index in [-0.39, 0.29) is 28.2 Å². The number of amides is 2. The van der Waals surface area contributed by atoms with Gasteiger partial charge in [-0.05, 0) is 61.0 Å². The van der Waals surface area contributed by atoms with Crippen LogP contribution in [0.3, 0.4) is 0 Å². The fourth-order valence-corrected chi connectivity index (χ4v) is 3.48. The quantitative estimate of drug-likeness (QED) is 0.264. The van der Waals surface area contributed by atoms with Crippen molar-refractivity contribution in [2.24, 2.45) is 0 Å². The fourth-order valence-electron chi connectivity index (χ4n) is 3.48. The molecular weight excluding hydrogens is 394 g/mol. The highest BCUT2D eigenvalue weighted by atomic mass is 16.5. The number of para-hydroxylation sites is 1. The monoisotopic (exact) mass is 413 g/mol. The van der Waals surface area contributed by atoms with Crippen LogP contribution in [-0.4, -0.2) is 23.6 Å². The maximum absolute atomic E-state index is 12.9. The Labute approximate surface area is 179 Å². The van der Waals surface area contributed by atoms with Gasteiger partial charge in [-0.1, -0.05) is 25.1 Å². The Morgan fingerprint density at radius 2 is 1.48 bits per heavy atom. The van der Waals surface area contributed by atoms with Gasteiger partial charge in [0.2, 0.25) is 0 Å². The van der Waals surface area contributed by atoms with Gasteiger partial charge in [-0.2, -0.15) is 0 Å². The second-order valence-corrected chi connectivity index (χ2v) is 7.18. The van der Waals surface area contributed by atoms with Gasteiger partial charge in [-0.3, -0.25) is 14.4 Å². The van der Waals surface area contributed by atoms with Crippen LogP contribution < -0.4 is 9.64 Å². The average molecular weight is 413 g/mol. The summed E-state index contributed by atoms with van der Waals surface area (Å²) in [6, 6.07) is 17.7. The smallest absolute Gasteiger partial charge is 0.343 e. The molecule has 0 aliphatic carbocycles. The van der Waals surface area contributed by atoms with Crippen molar-refractivity contribution >= 4 is 29.3 Å². The molecule has 4 rings (SSSR count). The number of imide groups is 1. The van der Waals surface area contributed by atoms with Gasteiger partial charge in [0.25, 0.3) is 11.8 Å². The molecule has 0 spiro atoms. The summed E-state index contributed by atoms with van der Waals surface area (Å²) in [5.41, 5.74) is 2.40. The number of fused-ring (bicyclic) bond motifs is 1. The number of hydrogen-bond acceptors (Lipinski definition) is 5. The van der Waals surface area contributed by atoms with Crippen molar-refractivity contribution < 1.29 is 23.9 Å². The SMILES string of the molecule is CCC(=O)c1ccc(OC(=O)c2ccc3c(c2)C(=O)N(c2ccccc2C)C3=O)cc1. The van der Waals surface area contributed by atoms with E-state index < -0.39 is 17.8 Å². The van der Waals surface area contributed by atoms with Crippen LogP contribution in [0.25, 0.3) is 0 Å². The number of hydrogen-bond donors (Lipinski definition) is 0. The molecule has 31 heavy (non-hydrogen) atoms. The van der Waals surface area contributed by atoms with Crippen LogP contribution >= 0.6 is 0 Å². The van der Waals surface area contributed by atoms with Crippen LogP contribution in [-0.2, 0) is 0 Å². The van der Waals surface area contributed by atoms with E-state index in [2.05, 4.69) is 0 Å². The van der Waals surface area contributed by atoms with Crippen LogP contribution in [0.15, 0.2) is 66.7 Å². The van der Waals surface area contributed by atoms with E-state index >= 15 is 0 Å². The molecule has 0 aromatic heterocycles. The molecule has 2 amide bonds. The molecule has 3 aromatic rings. The molecule has 1 heterocycles. The Kier molecular flexibility index (Phi) is 5.21. The first kappa shape index (κ1) is 20.2. The number of Topliss-reactive ketones (excluding diaryl/α,β-unsaturated/α-hetero) is 1. The number of aryl methyl sites for hydroxylation is 1. The van der Waals surface area contributed by atoms with E-state index in [1.165, 1.54) is 18.2 Å². The van der Waals surface area contributed by atoms with Gasteiger partial charge >= 0.3 is 5.97 Å². The van der Waals surface area contributed by atoms with Gasteiger partial charge in [0.1, 0.15) is 5.75 Å². The molecule has 0 N–H and O–H groups in total. The minimum absolute atomic E-state index is 0.00196. The van der Waals surface area contributed by atoms with E-state index in [0.29, 0.717) is 17.7 Å². The zero-order chi connectivity index (χ0) is 22.1. The third kappa shape index (κ3) is 3.64. The molecule has 1 aliphatic rings. The highest BCUT2D eigenvalue weighted by molar-refractivity contribution is 6.35. The maximum atomic E-state index is 12.9. The highest BCUT2D eigenvalue weighted by Gasteiger charge is 2.37. The van der Waals surface area contributed by atoms with Crippen LogP contribution in [0.2, 0.25) is 0 Å². The summed E-state index contributed by atoms with van der Waals surface area (Å²) in [7, 11) is 0. The predicted molar refractivity (Wildman–Crippen MR) is 115 cm³/mol. The Morgan fingerprint density at radius 3 is 2.16 bits per heavy atom. The van der Waals surface area contributed by atoms with E-state index in [9.17, 15) is 19.2 Å². The number of ether oxygens (including phenoxy) is 1. The van der Waals surface area contributed by atoms with Crippen molar-refractivity contribution in [1.82, 2.24) is 0 Å². The topological polar surface area (TPSA) is 80.8 Å². The fraction of sp³-hybridized carbons (Fsp3) is 0.120. The maximum Gasteiger partial charge on any atom is 0.343 e. The summed E-state index contributed by atoms with van der Waals surface area (Å²) >= 11 is 0. The lowest BCUT2D eigenvalue weighted by Gasteiger charge is -2.16. The van der Waals surface area contributed by atoms with E-state index in [0.717, 1.165) is 10.5 Å². The van der Waals surface area contributed by atoms with Crippen LogP contribution in [0.1, 0.15) is 60.3 Å². The summed E-state index contributed by atoms with van der Waals surface area (Å²) < 4.78 is 5.36. The molecule has 154 valence electrons. The minimum atomic E-state index is -0.660. The molecular formula is C25H19NO5. The van der Waals surface area contributed by atoms with E-state index in [1.54, 1.807) is 43.3 Å². The molecule has 6 nitrogen and oxygen atoms in total. The van der Waals surface area contributed by atoms with Crippen molar-refractivity contribution in [3.63, 3.8) is 0 Å².